The van der Waals surface area contributed by atoms with Crippen molar-refractivity contribution in [1.29, 1.82) is 0 Å². The molecule has 0 radical (unpaired) electrons. The Morgan fingerprint density at radius 2 is 1.06 bits per heavy atom. The summed E-state index contributed by atoms with van der Waals surface area (Å²) in [6.07, 6.45) is 4.57. The number of nitrogens with zero attached hydrogens (tertiary/aromatic N) is 2. The number of aryl methyl sites for hydroxylation is 1. The number of hydrogen-bond acceptors (Lipinski definition) is 2. The summed E-state index contributed by atoms with van der Waals surface area (Å²) in [5, 5.41) is 0. The highest BCUT2D eigenvalue weighted by atomic mass is 15.4. The smallest absolute Gasteiger partial charge is 0.107 e. The summed E-state index contributed by atoms with van der Waals surface area (Å²) in [7, 11) is 0. The summed E-state index contributed by atoms with van der Waals surface area (Å²) in [6, 6.07) is 36.5. The van der Waals surface area contributed by atoms with Crippen molar-refractivity contribution in [2.24, 2.45) is 0 Å². The van der Waals surface area contributed by atoms with Gasteiger partial charge < -0.3 is 9.80 Å². The van der Waals surface area contributed by atoms with Crippen LogP contribution in [0.5, 0.6) is 0 Å². The zero-order valence-corrected chi connectivity index (χ0v) is 17.9. The van der Waals surface area contributed by atoms with Crippen molar-refractivity contribution in [3.8, 4) is 22.3 Å². The average Bonchev–Trinajstić information content (AvgIpc) is 3.20. The van der Waals surface area contributed by atoms with E-state index >= 15 is 0 Å². The summed E-state index contributed by atoms with van der Waals surface area (Å²) in [5.74, 6) is 0. The van der Waals surface area contributed by atoms with Gasteiger partial charge in [-0.1, -0.05) is 97.1 Å². The summed E-state index contributed by atoms with van der Waals surface area (Å²) >= 11 is 0. The second kappa shape index (κ2) is 8.16. The molecule has 0 aromatic heterocycles. The van der Waals surface area contributed by atoms with Gasteiger partial charge in [-0.2, -0.15) is 0 Å². The highest BCUT2D eigenvalue weighted by molar-refractivity contribution is 5.92. The van der Waals surface area contributed by atoms with Crippen LogP contribution in [0.3, 0.4) is 0 Å². The largest absolute Gasteiger partial charge is 0.325 e. The van der Waals surface area contributed by atoms with Crippen LogP contribution in [0.4, 0.5) is 11.4 Å². The summed E-state index contributed by atoms with van der Waals surface area (Å²) in [5.41, 5.74) is 8.69. The lowest BCUT2D eigenvalue weighted by molar-refractivity contribution is 0.749. The minimum atomic E-state index is 0.161. The minimum Gasteiger partial charge on any atom is -0.325 e. The van der Waals surface area contributed by atoms with E-state index in [-0.39, 0.29) is 6.17 Å². The molecule has 1 atom stereocenters. The molecule has 0 saturated heterocycles. The van der Waals surface area contributed by atoms with Gasteiger partial charge in [0, 0.05) is 29.2 Å². The number of benzene rings is 4. The monoisotopic (exact) mass is 402 g/mol. The average molecular weight is 403 g/mol. The van der Waals surface area contributed by atoms with Crippen LogP contribution in [-0.2, 0) is 0 Å². The molecule has 0 amide bonds. The lowest BCUT2D eigenvalue weighted by atomic mass is 9.95. The standard InChI is InChI=1S/C29H26N2/c1-22-12-9-10-19-28(22)30-20-21-31(23(30)2)29-26(24-13-5-3-6-14-24)17-11-18-27(29)25-15-7-4-8-16-25/h3-21,23H,1-2H3/t23-/m0/s1. The molecule has 0 fully saturated rings. The molecule has 2 nitrogen and oxygen atoms in total. The first-order valence-corrected chi connectivity index (χ1v) is 10.8. The van der Waals surface area contributed by atoms with Crippen LogP contribution >= 0.6 is 0 Å². The van der Waals surface area contributed by atoms with Gasteiger partial charge in [-0.05, 0) is 36.6 Å². The quantitative estimate of drug-likeness (QED) is 0.349. The van der Waals surface area contributed by atoms with Gasteiger partial charge in [0.2, 0.25) is 0 Å². The molecule has 0 spiro atoms. The molecular weight excluding hydrogens is 376 g/mol. The van der Waals surface area contributed by atoms with Crippen LogP contribution in [0.1, 0.15) is 12.5 Å². The maximum Gasteiger partial charge on any atom is 0.107 e. The molecule has 0 aliphatic carbocycles. The van der Waals surface area contributed by atoms with E-state index in [1.54, 1.807) is 0 Å². The van der Waals surface area contributed by atoms with Gasteiger partial charge in [-0.25, -0.2) is 0 Å². The third-order valence-corrected chi connectivity index (χ3v) is 6.05. The van der Waals surface area contributed by atoms with Crippen molar-refractivity contribution < 1.29 is 0 Å². The van der Waals surface area contributed by atoms with Gasteiger partial charge in [0.05, 0.1) is 5.69 Å². The van der Waals surface area contributed by atoms with Gasteiger partial charge in [0.15, 0.2) is 0 Å². The third kappa shape index (κ3) is 3.51. The molecule has 5 rings (SSSR count). The molecule has 152 valence electrons. The van der Waals surface area contributed by atoms with Crippen LogP contribution in [0.15, 0.2) is 116 Å². The first-order chi connectivity index (χ1) is 15.2. The van der Waals surface area contributed by atoms with Gasteiger partial charge in [0.1, 0.15) is 6.17 Å². The second-order valence-electron chi connectivity index (χ2n) is 7.96. The lowest BCUT2D eigenvalue weighted by Crippen LogP contribution is -2.36. The Labute approximate surface area is 184 Å². The van der Waals surface area contributed by atoms with E-state index in [4.69, 9.17) is 0 Å². The van der Waals surface area contributed by atoms with E-state index < -0.39 is 0 Å². The molecule has 0 unspecified atom stereocenters. The maximum atomic E-state index is 2.40. The van der Waals surface area contributed by atoms with Crippen molar-refractivity contribution in [2.45, 2.75) is 20.0 Å². The van der Waals surface area contributed by atoms with Gasteiger partial charge in [0.25, 0.3) is 0 Å². The van der Waals surface area contributed by atoms with E-state index in [1.807, 2.05) is 0 Å². The van der Waals surface area contributed by atoms with Crippen molar-refractivity contribution >= 4 is 11.4 Å². The van der Waals surface area contributed by atoms with E-state index in [0.717, 1.165) is 0 Å². The summed E-state index contributed by atoms with van der Waals surface area (Å²) < 4.78 is 0. The minimum absolute atomic E-state index is 0.161. The molecule has 0 N–H and O–H groups in total. The van der Waals surface area contributed by atoms with E-state index in [9.17, 15) is 0 Å². The fourth-order valence-electron chi connectivity index (χ4n) is 4.45. The molecule has 4 aromatic carbocycles. The van der Waals surface area contributed by atoms with Crippen molar-refractivity contribution in [3.05, 3.63) is 121 Å². The van der Waals surface area contributed by atoms with Crippen molar-refractivity contribution in [3.63, 3.8) is 0 Å². The molecule has 2 heteroatoms. The van der Waals surface area contributed by atoms with Crippen LogP contribution < -0.4 is 9.80 Å². The predicted molar refractivity (Wildman–Crippen MR) is 132 cm³/mol. The van der Waals surface area contributed by atoms with E-state index in [1.165, 1.54) is 39.2 Å². The van der Waals surface area contributed by atoms with E-state index in [2.05, 4.69) is 139 Å². The highest BCUT2D eigenvalue weighted by Crippen LogP contribution is 2.43. The number of rotatable bonds is 4. The zero-order valence-electron chi connectivity index (χ0n) is 17.9. The number of para-hydroxylation sites is 2. The highest BCUT2D eigenvalue weighted by Gasteiger charge is 2.28. The van der Waals surface area contributed by atoms with Crippen LogP contribution in [-0.4, -0.2) is 6.17 Å². The Hall–Kier alpha value is -3.78. The van der Waals surface area contributed by atoms with Crippen molar-refractivity contribution in [2.75, 3.05) is 9.80 Å². The lowest BCUT2D eigenvalue weighted by Gasteiger charge is -2.33. The Morgan fingerprint density at radius 3 is 1.65 bits per heavy atom. The second-order valence-corrected chi connectivity index (χ2v) is 7.96. The Balaban J connectivity index is 1.66. The molecule has 0 saturated carbocycles. The fourth-order valence-corrected chi connectivity index (χ4v) is 4.45. The number of hydrogen-bond donors (Lipinski definition) is 0. The molecule has 0 bridgehead atoms. The first kappa shape index (κ1) is 19.2. The summed E-state index contributed by atoms with van der Waals surface area (Å²) in [4.78, 5) is 4.75. The van der Waals surface area contributed by atoms with Crippen LogP contribution in [0, 0.1) is 6.92 Å². The molecular formula is C29H26N2. The third-order valence-electron chi connectivity index (χ3n) is 6.05. The SMILES string of the molecule is Cc1ccccc1N1C=CN(c2c(-c3ccccc3)cccc2-c2ccccc2)[C@H]1C. The van der Waals surface area contributed by atoms with Gasteiger partial charge >= 0.3 is 0 Å². The molecule has 1 heterocycles. The fraction of sp³-hybridized carbons (Fsp3) is 0.103. The van der Waals surface area contributed by atoms with Crippen LogP contribution in [0.2, 0.25) is 0 Å². The van der Waals surface area contributed by atoms with Crippen LogP contribution in [0.25, 0.3) is 22.3 Å². The van der Waals surface area contributed by atoms with Gasteiger partial charge in [-0.15, -0.1) is 0 Å². The Bertz CT molecular complexity index is 1150. The van der Waals surface area contributed by atoms with E-state index in [0.29, 0.717) is 0 Å². The molecule has 31 heavy (non-hydrogen) atoms. The Morgan fingerprint density at radius 1 is 0.548 bits per heavy atom. The first-order valence-electron chi connectivity index (χ1n) is 10.8. The molecule has 1 aliphatic rings. The molecule has 1 aliphatic heterocycles. The predicted octanol–water partition coefficient (Wildman–Crippen LogP) is 7.47. The zero-order chi connectivity index (χ0) is 21.2. The normalized spacial score (nSPS) is 15.5. The topological polar surface area (TPSA) is 6.48 Å². The summed E-state index contributed by atoms with van der Waals surface area (Å²) in [6.45, 7) is 4.44. The Kier molecular flexibility index (Phi) is 5.05. The van der Waals surface area contributed by atoms with Gasteiger partial charge in [-0.3, -0.25) is 0 Å². The molecule has 4 aromatic rings. The van der Waals surface area contributed by atoms with Crippen molar-refractivity contribution in [1.82, 2.24) is 0 Å². The maximum absolute atomic E-state index is 2.40. The number of anilines is 2.